The van der Waals surface area contributed by atoms with Gasteiger partial charge in [0.1, 0.15) is 23.2 Å². The average Bonchev–Trinajstić information content (AvgIpc) is 2.75. The molecule has 0 aliphatic carbocycles. The molecule has 4 rings (SSSR count). The minimum absolute atomic E-state index is 0. The zero-order chi connectivity index (χ0) is 21.1. The molecule has 0 bridgehead atoms. The van der Waals surface area contributed by atoms with E-state index in [4.69, 9.17) is 0 Å². The van der Waals surface area contributed by atoms with Gasteiger partial charge in [0.2, 0.25) is 0 Å². The van der Waals surface area contributed by atoms with E-state index >= 15 is 0 Å². The lowest BCUT2D eigenvalue weighted by atomic mass is 10.2. The SMILES string of the molecule is Cc1ccc(C[P+](c2ccccc2C)(c2ccccc2C)c2ccccc2C)cc1.[I-]. The van der Waals surface area contributed by atoms with Gasteiger partial charge in [-0.2, -0.15) is 0 Å². The van der Waals surface area contributed by atoms with Crippen molar-refractivity contribution in [1.29, 1.82) is 0 Å². The number of hydrogen-bond donors (Lipinski definition) is 0. The van der Waals surface area contributed by atoms with E-state index in [1.165, 1.54) is 43.7 Å². The molecule has 0 saturated heterocycles. The minimum Gasteiger partial charge on any atom is -1.00 e. The van der Waals surface area contributed by atoms with Gasteiger partial charge in [0, 0.05) is 0 Å². The summed E-state index contributed by atoms with van der Waals surface area (Å²) >= 11 is 0. The van der Waals surface area contributed by atoms with Gasteiger partial charge in [0.05, 0.1) is 6.16 Å². The van der Waals surface area contributed by atoms with Crippen molar-refractivity contribution in [2.45, 2.75) is 33.9 Å². The molecule has 0 unspecified atom stereocenters. The van der Waals surface area contributed by atoms with Crippen LogP contribution in [0, 0.1) is 27.7 Å². The first-order valence-corrected chi connectivity index (χ1v) is 12.6. The molecule has 0 fully saturated rings. The Kier molecular flexibility index (Phi) is 7.73. The quantitative estimate of drug-likeness (QED) is 0.271. The lowest BCUT2D eigenvalue weighted by Crippen LogP contribution is -3.00. The fraction of sp³-hybridized carbons (Fsp3) is 0.172. The third-order valence-electron chi connectivity index (χ3n) is 6.12. The molecule has 0 aliphatic heterocycles. The van der Waals surface area contributed by atoms with Crippen LogP contribution >= 0.6 is 7.26 Å². The molecule has 0 atom stereocenters. The summed E-state index contributed by atoms with van der Waals surface area (Å²) in [6, 6.07) is 36.2. The van der Waals surface area contributed by atoms with Gasteiger partial charge in [-0.25, -0.2) is 0 Å². The summed E-state index contributed by atoms with van der Waals surface area (Å²) in [6.45, 7) is 8.98. The van der Waals surface area contributed by atoms with E-state index in [2.05, 4.69) is 125 Å². The standard InChI is InChI=1S/C29H30P.HI/c1-22-17-19-26(20-18-22)21-30(27-14-8-5-11-23(27)2,28-15-9-6-12-24(28)3)29-16-10-7-13-25(29)4;/h5-20H,21H2,1-4H3;1H/q+1;/p-1. The van der Waals surface area contributed by atoms with Gasteiger partial charge in [-0.1, -0.05) is 84.4 Å². The molecular weight excluding hydrogens is 506 g/mol. The maximum absolute atomic E-state index is 2.37. The van der Waals surface area contributed by atoms with Crippen molar-refractivity contribution in [3.8, 4) is 0 Å². The molecule has 0 nitrogen and oxygen atoms in total. The normalized spacial score (nSPS) is 11.1. The van der Waals surface area contributed by atoms with Crippen molar-refractivity contribution in [3.05, 3.63) is 125 Å². The predicted octanol–water partition coefficient (Wildman–Crippen LogP) is 3.42. The fourth-order valence-electron chi connectivity index (χ4n) is 4.59. The first-order chi connectivity index (χ1) is 14.5. The molecule has 0 radical (unpaired) electrons. The summed E-state index contributed by atoms with van der Waals surface area (Å²) in [6.07, 6.45) is 1.04. The van der Waals surface area contributed by atoms with Crippen LogP contribution in [0.3, 0.4) is 0 Å². The lowest BCUT2D eigenvalue weighted by Gasteiger charge is -2.31. The minimum atomic E-state index is -1.90. The van der Waals surface area contributed by atoms with E-state index in [9.17, 15) is 0 Å². The van der Waals surface area contributed by atoms with Gasteiger partial charge in [-0.3, -0.25) is 0 Å². The largest absolute Gasteiger partial charge is 1.00 e. The highest BCUT2D eigenvalue weighted by molar-refractivity contribution is 7.95. The fourth-order valence-corrected chi connectivity index (χ4v) is 9.69. The van der Waals surface area contributed by atoms with Gasteiger partial charge in [0.25, 0.3) is 0 Å². The number of halogens is 1. The third kappa shape index (κ3) is 4.64. The first-order valence-electron chi connectivity index (χ1n) is 10.6. The molecule has 0 aromatic heterocycles. The Morgan fingerprint density at radius 2 is 0.839 bits per heavy atom. The Balaban J connectivity index is 0.00000272. The third-order valence-corrected chi connectivity index (χ3v) is 10.9. The van der Waals surface area contributed by atoms with Crippen LogP contribution in [-0.2, 0) is 6.16 Å². The lowest BCUT2D eigenvalue weighted by molar-refractivity contribution is -0.00000618. The molecule has 0 aliphatic rings. The molecule has 0 spiro atoms. The summed E-state index contributed by atoms with van der Waals surface area (Å²) < 4.78 is 0. The topological polar surface area (TPSA) is 0 Å². The van der Waals surface area contributed by atoms with Crippen LogP contribution < -0.4 is 39.9 Å². The maximum Gasteiger partial charge on any atom is 0.117 e. The molecule has 4 aromatic rings. The van der Waals surface area contributed by atoms with Crippen LogP contribution in [0.4, 0.5) is 0 Å². The smallest absolute Gasteiger partial charge is 0.117 e. The van der Waals surface area contributed by atoms with Crippen LogP contribution in [0.2, 0.25) is 0 Å². The van der Waals surface area contributed by atoms with Crippen molar-refractivity contribution in [2.75, 3.05) is 0 Å². The van der Waals surface area contributed by atoms with Crippen LogP contribution in [0.15, 0.2) is 97.1 Å². The maximum atomic E-state index is 2.37. The summed E-state index contributed by atoms with van der Waals surface area (Å²) in [5, 5.41) is 4.48. The Morgan fingerprint density at radius 1 is 0.484 bits per heavy atom. The summed E-state index contributed by atoms with van der Waals surface area (Å²) in [5.41, 5.74) is 6.85. The number of benzene rings is 4. The molecule has 0 amide bonds. The van der Waals surface area contributed by atoms with Crippen LogP contribution in [0.1, 0.15) is 27.8 Å². The van der Waals surface area contributed by atoms with Crippen molar-refractivity contribution in [2.24, 2.45) is 0 Å². The average molecular weight is 536 g/mol. The summed E-state index contributed by atoms with van der Waals surface area (Å²) in [4.78, 5) is 0. The van der Waals surface area contributed by atoms with E-state index in [0.717, 1.165) is 6.16 Å². The Hall–Kier alpha value is -1.96. The molecular formula is C29H30IP. The second-order valence-corrected chi connectivity index (χ2v) is 11.7. The first kappa shape index (κ1) is 23.7. The van der Waals surface area contributed by atoms with Crippen molar-refractivity contribution in [3.63, 3.8) is 0 Å². The van der Waals surface area contributed by atoms with Crippen LogP contribution in [0.25, 0.3) is 0 Å². The molecule has 4 aromatic carbocycles. The molecule has 0 N–H and O–H groups in total. The Morgan fingerprint density at radius 3 is 1.19 bits per heavy atom. The molecule has 2 heteroatoms. The van der Waals surface area contributed by atoms with Crippen molar-refractivity contribution >= 4 is 23.2 Å². The van der Waals surface area contributed by atoms with E-state index in [0.29, 0.717) is 0 Å². The Bertz CT molecular complexity index is 1050. The molecule has 0 heterocycles. The van der Waals surface area contributed by atoms with E-state index in [1.54, 1.807) is 0 Å². The second-order valence-electron chi connectivity index (χ2n) is 8.31. The summed E-state index contributed by atoms with van der Waals surface area (Å²) in [7, 11) is -1.90. The van der Waals surface area contributed by atoms with Gasteiger partial charge >= 0.3 is 0 Å². The van der Waals surface area contributed by atoms with Crippen LogP contribution in [0.5, 0.6) is 0 Å². The highest BCUT2D eigenvalue weighted by atomic mass is 127. The molecule has 158 valence electrons. The van der Waals surface area contributed by atoms with E-state index in [1.807, 2.05) is 0 Å². The van der Waals surface area contributed by atoms with Crippen molar-refractivity contribution in [1.82, 2.24) is 0 Å². The number of rotatable bonds is 5. The zero-order valence-corrected chi connectivity index (χ0v) is 21.8. The van der Waals surface area contributed by atoms with E-state index in [-0.39, 0.29) is 24.0 Å². The van der Waals surface area contributed by atoms with E-state index < -0.39 is 7.26 Å². The van der Waals surface area contributed by atoms with Gasteiger partial charge in [-0.05, 0) is 68.1 Å². The van der Waals surface area contributed by atoms with Gasteiger partial charge in [0.15, 0.2) is 0 Å². The monoisotopic (exact) mass is 536 g/mol. The predicted molar refractivity (Wildman–Crippen MR) is 134 cm³/mol. The Labute approximate surface area is 205 Å². The van der Waals surface area contributed by atoms with Crippen LogP contribution in [-0.4, -0.2) is 0 Å². The van der Waals surface area contributed by atoms with Gasteiger partial charge in [-0.15, -0.1) is 0 Å². The summed E-state index contributed by atoms with van der Waals surface area (Å²) in [5.74, 6) is 0. The molecule has 31 heavy (non-hydrogen) atoms. The highest BCUT2D eigenvalue weighted by Crippen LogP contribution is 2.59. The van der Waals surface area contributed by atoms with Crippen molar-refractivity contribution < 1.29 is 24.0 Å². The molecule has 0 saturated carbocycles. The van der Waals surface area contributed by atoms with Gasteiger partial charge < -0.3 is 24.0 Å². The highest BCUT2D eigenvalue weighted by Gasteiger charge is 2.48. The number of hydrogen-bond acceptors (Lipinski definition) is 0. The number of aryl methyl sites for hydroxylation is 4. The zero-order valence-electron chi connectivity index (χ0n) is 18.8. The second kappa shape index (κ2) is 10.1.